The van der Waals surface area contributed by atoms with E-state index in [0.29, 0.717) is 23.8 Å². The summed E-state index contributed by atoms with van der Waals surface area (Å²) in [6.07, 6.45) is 12.7. The maximum atomic E-state index is 13.5. The van der Waals surface area contributed by atoms with Crippen LogP contribution in [-0.2, 0) is 4.79 Å². The van der Waals surface area contributed by atoms with Crippen molar-refractivity contribution in [1.29, 1.82) is 0 Å². The normalized spacial score (nSPS) is 31.1. The van der Waals surface area contributed by atoms with Gasteiger partial charge in [-0.05, 0) is 49.8 Å². The standard InChI is InChI=1S/C26H38N2O2/c1-30-22-13-7-10-20(16-22)23-18-28(26(29)19-8-5-6-9-19)25-14-15-27(17-24(23)25)21-11-3-2-4-12-21/h7,10,13,16,19,21,23-25H,2-6,8-9,11-12,14-15,17-18H2,1H3/t23-,24-,25-/m1/s1. The molecule has 1 aromatic rings. The van der Waals surface area contributed by atoms with Crippen LogP contribution in [0.25, 0.3) is 0 Å². The third-order valence-corrected chi connectivity index (χ3v) is 8.56. The molecule has 0 spiro atoms. The molecule has 0 radical (unpaired) electrons. The van der Waals surface area contributed by atoms with Gasteiger partial charge in [-0.15, -0.1) is 0 Å². The number of likely N-dealkylation sites (tertiary alicyclic amines) is 2. The number of hydrogen-bond acceptors (Lipinski definition) is 3. The monoisotopic (exact) mass is 410 g/mol. The maximum absolute atomic E-state index is 13.5. The largest absolute Gasteiger partial charge is 0.497 e. The number of ether oxygens (including phenoxy) is 1. The lowest BCUT2D eigenvalue weighted by Crippen LogP contribution is -2.52. The van der Waals surface area contributed by atoms with Crippen molar-refractivity contribution in [1.82, 2.24) is 9.80 Å². The maximum Gasteiger partial charge on any atom is 0.225 e. The van der Waals surface area contributed by atoms with Crippen LogP contribution in [0, 0.1) is 11.8 Å². The number of amides is 1. The molecular formula is C26H38N2O2. The first-order chi connectivity index (χ1) is 14.7. The van der Waals surface area contributed by atoms with Gasteiger partial charge in [-0.2, -0.15) is 0 Å². The van der Waals surface area contributed by atoms with Gasteiger partial charge in [-0.1, -0.05) is 44.2 Å². The molecule has 4 fully saturated rings. The van der Waals surface area contributed by atoms with Gasteiger partial charge < -0.3 is 9.64 Å². The lowest BCUT2D eigenvalue weighted by molar-refractivity contribution is -0.137. The van der Waals surface area contributed by atoms with E-state index in [0.717, 1.165) is 44.1 Å². The predicted octanol–water partition coefficient (Wildman–Crippen LogP) is 4.83. The van der Waals surface area contributed by atoms with Crippen molar-refractivity contribution in [2.75, 3.05) is 26.7 Å². The molecule has 4 heteroatoms. The topological polar surface area (TPSA) is 32.8 Å². The Bertz CT molecular complexity index is 738. The van der Waals surface area contributed by atoms with E-state index < -0.39 is 0 Å². The van der Waals surface area contributed by atoms with Crippen molar-refractivity contribution in [2.24, 2.45) is 11.8 Å². The molecule has 0 unspecified atom stereocenters. The molecule has 2 aliphatic carbocycles. The highest BCUT2D eigenvalue weighted by molar-refractivity contribution is 5.80. The molecule has 2 aliphatic heterocycles. The van der Waals surface area contributed by atoms with E-state index in [9.17, 15) is 4.79 Å². The zero-order valence-electron chi connectivity index (χ0n) is 18.6. The number of carbonyl (C=O) groups is 1. The minimum absolute atomic E-state index is 0.283. The Kier molecular flexibility index (Phi) is 6.04. The highest BCUT2D eigenvalue weighted by Gasteiger charge is 2.48. The molecule has 1 amide bonds. The number of methoxy groups -OCH3 is 1. The van der Waals surface area contributed by atoms with Gasteiger partial charge >= 0.3 is 0 Å². The van der Waals surface area contributed by atoms with Gasteiger partial charge in [0.25, 0.3) is 0 Å². The van der Waals surface area contributed by atoms with Crippen molar-refractivity contribution >= 4 is 5.91 Å². The number of nitrogens with zero attached hydrogens (tertiary/aromatic N) is 2. The fraction of sp³-hybridized carbons (Fsp3) is 0.731. The zero-order valence-corrected chi connectivity index (χ0v) is 18.6. The Balaban J connectivity index is 1.40. The summed E-state index contributed by atoms with van der Waals surface area (Å²) >= 11 is 0. The summed E-state index contributed by atoms with van der Waals surface area (Å²) in [7, 11) is 1.75. The quantitative estimate of drug-likeness (QED) is 0.712. The van der Waals surface area contributed by atoms with Crippen LogP contribution < -0.4 is 4.74 Å². The van der Waals surface area contributed by atoms with E-state index >= 15 is 0 Å². The number of hydrogen-bond donors (Lipinski definition) is 0. The molecule has 2 heterocycles. The number of benzene rings is 1. The second kappa shape index (κ2) is 8.90. The molecule has 5 rings (SSSR count). The Morgan fingerprint density at radius 3 is 2.50 bits per heavy atom. The third-order valence-electron chi connectivity index (χ3n) is 8.56. The minimum Gasteiger partial charge on any atom is -0.497 e. The lowest BCUT2D eigenvalue weighted by atomic mass is 9.80. The molecule has 3 atom stereocenters. The molecule has 1 aromatic carbocycles. The van der Waals surface area contributed by atoms with Gasteiger partial charge in [0, 0.05) is 49.5 Å². The van der Waals surface area contributed by atoms with Gasteiger partial charge in [0.15, 0.2) is 0 Å². The van der Waals surface area contributed by atoms with Crippen LogP contribution in [0.3, 0.4) is 0 Å². The Labute approximate surface area is 182 Å². The molecule has 0 bridgehead atoms. The molecule has 2 saturated carbocycles. The average Bonchev–Trinajstić information content (AvgIpc) is 3.47. The Morgan fingerprint density at radius 1 is 0.967 bits per heavy atom. The summed E-state index contributed by atoms with van der Waals surface area (Å²) in [6.45, 7) is 3.23. The lowest BCUT2D eigenvalue weighted by Gasteiger charge is -2.44. The Hall–Kier alpha value is -1.55. The van der Waals surface area contributed by atoms with Gasteiger partial charge in [0.05, 0.1) is 7.11 Å². The summed E-state index contributed by atoms with van der Waals surface area (Å²) in [5, 5.41) is 0. The molecule has 0 N–H and O–H groups in total. The van der Waals surface area contributed by atoms with Crippen LogP contribution in [0.2, 0.25) is 0 Å². The van der Waals surface area contributed by atoms with Crippen LogP contribution in [-0.4, -0.2) is 54.5 Å². The number of rotatable bonds is 4. The molecule has 164 valence electrons. The smallest absolute Gasteiger partial charge is 0.225 e. The van der Waals surface area contributed by atoms with Gasteiger partial charge in [-0.25, -0.2) is 0 Å². The molecular weight excluding hydrogens is 372 g/mol. The van der Waals surface area contributed by atoms with Crippen LogP contribution in [0.15, 0.2) is 24.3 Å². The van der Waals surface area contributed by atoms with Gasteiger partial charge in [0.2, 0.25) is 5.91 Å². The first-order valence-electron chi connectivity index (χ1n) is 12.4. The fourth-order valence-electron chi connectivity index (χ4n) is 6.92. The predicted molar refractivity (Wildman–Crippen MR) is 120 cm³/mol. The summed E-state index contributed by atoms with van der Waals surface area (Å²) in [5.41, 5.74) is 1.36. The van der Waals surface area contributed by atoms with E-state index in [1.165, 1.54) is 57.1 Å². The summed E-state index contributed by atoms with van der Waals surface area (Å²) in [6, 6.07) is 9.82. The van der Waals surface area contributed by atoms with Crippen LogP contribution >= 0.6 is 0 Å². The van der Waals surface area contributed by atoms with Crippen molar-refractivity contribution < 1.29 is 9.53 Å². The van der Waals surface area contributed by atoms with Crippen LogP contribution in [0.4, 0.5) is 0 Å². The summed E-state index contributed by atoms with van der Waals surface area (Å²) in [4.78, 5) is 18.6. The first-order valence-corrected chi connectivity index (χ1v) is 12.4. The van der Waals surface area contributed by atoms with E-state index in [-0.39, 0.29) is 5.92 Å². The van der Waals surface area contributed by atoms with Crippen molar-refractivity contribution in [3.8, 4) is 5.75 Å². The van der Waals surface area contributed by atoms with E-state index in [2.05, 4.69) is 28.0 Å². The molecule has 30 heavy (non-hydrogen) atoms. The van der Waals surface area contributed by atoms with E-state index in [4.69, 9.17) is 4.74 Å². The van der Waals surface area contributed by atoms with Crippen LogP contribution in [0.5, 0.6) is 5.75 Å². The van der Waals surface area contributed by atoms with Crippen molar-refractivity contribution in [2.45, 2.75) is 82.2 Å². The second-order valence-electron chi connectivity index (χ2n) is 10.2. The average molecular weight is 411 g/mol. The minimum atomic E-state index is 0.283. The second-order valence-corrected chi connectivity index (χ2v) is 10.2. The van der Waals surface area contributed by atoms with Crippen LogP contribution in [0.1, 0.15) is 75.7 Å². The summed E-state index contributed by atoms with van der Waals surface area (Å²) < 4.78 is 5.53. The van der Waals surface area contributed by atoms with Gasteiger partial charge in [-0.3, -0.25) is 9.69 Å². The third kappa shape index (κ3) is 3.88. The van der Waals surface area contributed by atoms with Crippen molar-refractivity contribution in [3.05, 3.63) is 29.8 Å². The highest BCUT2D eigenvalue weighted by Crippen LogP contribution is 2.44. The van der Waals surface area contributed by atoms with E-state index in [1.807, 2.05) is 6.07 Å². The fourth-order valence-corrected chi connectivity index (χ4v) is 6.92. The number of fused-ring (bicyclic) bond motifs is 1. The number of piperidine rings is 1. The summed E-state index contributed by atoms with van der Waals surface area (Å²) in [5.74, 6) is 2.66. The molecule has 0 aromatic heterocycles. The van der Waals surface area contributed by atoms with E-state index in [1.54, 1.807) is 7.11 Å². The SMILES string of the molecule is COc1cccc([C@H]2CN(C(=O)C3CCCC3)[C@@H]3CCN(C4CCCCC4)C[C@H]23)c1. The van der Waals surface area contributed by atoms with Gasteiger partial charge in [0.1, 0.15) is 5.75 Å². The first kappa shape index (κ1) is 20.4. The highest BCUT2D eigenvalue weighted by atomic mass is 16.5. The molecule has 4 nitrogen and oxygen atoms in total. The number of carbonyl (C=O) groups excluding carboxylic acids is 1. The van der Waals surface area contributed by atoms with Crippen molar-refractivity contribution in [3.63, 3.8) is 0 Å². The Morgan fingerprint density at radius 2 is 1.73 bits per heavy atom. The molecule has 4 aliphatic rings. The molecule has 2 saturated heterocycles. The zero-order chi connectivity index (χ0) is 20.5.